The molecule has 0 saturated carbocycles. The Bertz CT molecular complexity index is 1070. The molecule has 0 spiro atoms. The fourth-order valence-corrected chi connectivity index (χ4v) is 5.23. The first-order valence-electron chi connectivity index (χ1n) is 8.35. The van der Waals surface area contributed by atoms with Gasteiger partial charge in [0.15, 0.2) is 0 Å². The predicted octanol–water partition coefficient (Wildman–Crippen LogP) is 3.53. The fourth-order valence-electron chi connectivity index (χ4n) is 2.59. The zero-order chi connectivity index (χ0) is 20.1. The fraction of sp³-hybridized carbons (Fsp3) is 0.150. The van der Waals surface area contributed by atoms with E-state index in [1.807, 2.05) is 0 Å². The molecule has 1 heterocycles. The molecule has 0 unspecified atom stereocenters. The molecule has 0 radical (unpaired) electrons. The van der Waals surface area contributed by atoms with Crippen LogP contribution in [0, 0.1) is 0 Å². The van der Waals surface area contributed by atoms with E-state index in [4.69, 9.17) is 9.47 Å². The lowest BCUT2D eigenvalue weighted by molar-refractivity contribution is 0.0954. The van der Waals surface area contributed by atoms with E-state index in [1.165, 1.54) is 24.3 Å². The monoisotopic (exact) mass is 417 g/mol. The summed E-state index contributed by atoms with van der Waals surface area (Å²) in [5.41, 5.74) is 0.754. The highest BCUT2D eigenvalue weighted by molar-refractivity contribution is 7.93. The summed E-state index contributed by atoms with van der Waals surface area (Å²) in [6.07, 6.45) is 0. The molecule has 8 heteroatoms. The van der Waals surface area contributed by atoms with Gasteiger partial charge in [0.05, 0.1) is 24.0 Å². The number of benzene rings is 2. The molecular weight excluding hydrogens is 398 g/mol. The summed E-state index contributed by atoms with van der Waals surface area (Å²) in [6, 6.07) is 16.4. The number of sulfone groups is 1. The van der Waals surface area contributed by atoms with Gasteiger partial charge in [-0.3, -0.25) is 4.79 Å². The molecule has 2 aromatic carbocycles. The number of nitrogens with one attached hydrogen (secondary N) is 1. The third-order valence-electron chi connectivity index (χ3n) is 4.05. The van der Waals surface area contributed by atoms with Crippen molar-refractivity contribution in [2.24, 2.45) is 0 Å². The first-order valence-corrected chi connectivity index (χ1v) is 10.6. The van der Waals surface area contributed by atoms with E-state index >= 15 is 0 Å². The van der Waals surface area contributed by atoms with Crippen LogP contribution in [0.4, 0.5) is 0 Å². The predicted molar refractivity (Wildman–Crippen MR) is 107 cm³/mol. The third kappa shape index (κ3) is 4.18. The number of hydrogen-bond donors (Lipinski definition) is 1. The SMILES string of the molecule is COc1ccc(OC)c(CNC(=O)c2ccc(S(=O)(=O)c3ccccc3)s2)c1. The van der Waals surface area contributed by atoms with Crippen molar-refractivity contribution >= 4 is 27.1 Å². The van der Waals surface area contributed by atoms with Gasteiger partial charge in [-0.25, -0.2) is 8.42 Å². The maximum absolute atomic E-state index is 12.7. The molecule has 146 valence electrons. The third-order valence-corrected chi connectivity index (χ3v) is 7.40. The Morgan fingerprint density at radius 2 is 1.75 bits per heavy atom. The van der Waals surface area contributed by atoms with E-state index in [0.29, 0.717) is 16.4 Å². The Kier molecular flexibility index (Phi) is 6.01. The molecule has 1 amide bonds. The van der Waals surface area contributed by atoms with Crippen molar-refractivity contribution in [3.8, 4) is 11.5 Å². The van der Waals surface area contributed by atoms with Gasteiger partial charge in [0, 0.05) is 12.1 Å². The first kappa shape index (κ1) is 19.9. The maximum Gasteiger partial charge on any atom is 0.261 e. The van der Waals surface area contributed by atoms with Crippen LogP contribution in [0.25, 0.3) is 0 Å². The van der Waals surface area contributed by atoms with Gasteiger partial charge in [-0.1, -0.05) is 18.2 Å². The quantitative estimate of drug-likeness (QED) is 0.636. The normalized spacial score (nSPS) is 11.1. The molecule has 0 aliphatic heterocycles. The minimum Gasteiger partial charge on any atom is -0.497 e. The molecular formula is C20H19NO5S2. The molecule has 1 aromatic heterocycles. The van der Waals surface area contributed by atoms with Crippen LogP contribution in [-0.2, 0) is 16.4 Å². The van der Waals surface area contributed by atoms with E-state index in [0.717, 1.165) is 16.9 Å². The maximum atomic E-state index is 12.7. The van der Waals surface area contributed by atoms with Gasteiger partial charge in [0.25, 0.3) is 5.91 Å². The van der Waals surface area contributed by atoms with Crippen LogP contribution in [0.2, 0.25) is 0 Å². The van der Waals surface area contributed by atoms with Crippen molar-refractivity contribution in [3.63, 3.8) is 0 Å². The van der Waals surface area contributed by atoms with E-state index in [9.17, 15) is 13.2 Å². The summed E-state index contributed by atoms with van der Waals surface area (Å²) in [6.45, 7) is 0.220. The first-order chi connectivity index (χ1) is 13.5. The van der Waals surface area contributed by atoms with Gasteiger partial charge < -0.3 is 14.8 Å². The molecule has 0 aliphatic carbocycles. The number of methoxy groups -OCH3 is 2. The summed E-state index contributed by atoms with van der Waals surface area (Å²) >= 11 is 0.940. The van der Waals surface area contributed by atoms with Crippen LogP contribution in [0.1, 0.15) is 15.2 Å². The Hall–Kier alpha value is -2.84. The summed E-state index contributed by atoms with van der Waals surface area (Å²) in [4.78, 5) is 13.0. The highest BCUT2D eigenvalue weighted by Gasteiger charge is 2.21. The van der Waals surface area contributed by atoms with E-state index < -0.39 is 9.84 Å². The minimum atomic E-state index is -3.64. The molecule has 0 saturated heterocycles. The molecule has 3 aromatic rings. The molecule has 0 fully saturated rings. The number of ether oxygens (including phenoxy) is 2. The second-order valence-electron chi connectivity index (χ2n) is 5.80. The Labute approximate surface area is 167 Å². The highest BCUT2D eigenvalue weighted by Crippen LogP contribution is 2.28. The molecule has 6 nitrogen and oxygen atoms in total. The summed E-state index contributed by atoms with van der Waals surface area (Å²) in [5.74, 6) is 0.918. The summed E-state index contributed by atoms with van der Waals surface area (Å²) in [5, 5.41) is 2.79. The summed E-state index contributed by atoms with van der Waals surface area (Å²) in [7, 11) is -0.528. The molecule has 0 aliphatic rings. The van der Waals surface area contributed by atoms with Crippen molar-refractivity contribution < 1.29 is 22.7 Å². The second-order valence-corrected chi connectivity index (χ2v) is 9.06. The van der Waals surface area contributed by atoms with Crippen molar-refractivity contribution in [2.45, 2.75) is 15.6 Å². The largest absolute Gasteiger partial charge is 0.497 e. The number of carbonyl (C=O) groups is 1. The lowest BCUT2D eigenvalue weighted by atomic mass is 10.2. The standard InChI is InChI=1S/C20H19NO5S2/c1-25-15-8-9-17(26-2)14(12-15)13-21-20(22)18-10-11-19(27-18)28(23,24)16-6-4-3-5-7-16/h3-12H,13H2,1-2H3,(H,21,22). The van der Waals surface area contributed by atoms with Gasteiger partial charge in [-0.2, -0.15) is 0 Å². The van der Waals surface area contributed by atoms with Crippen LogP contribution in [-0.4, -0.2) is 28.5 Å². The van der Waals surface area contributed by atoms with Crippen molar-refractivity contribution in [1.82, 2.24) is 5.32 Å². The van der Waals surface area contributed by atoms with E-state index in [2.05, 4.69) is 5.32 Å². The Balaban J connectivity index is 1.75. The van der Waals surface area contributed by atoms with Crippen molar-refractivity contribution in [3.05, 3.63) is 71.1 Å². The van der Waals surface area contributed by atoms with Gasteiger partial charge >= 0.3 is 0 Å². The number of amides is 1. The molecule has 3 rings (SSSR count). The number of hydrogen-bond acceptors (Lipinski definition) is 6. The lowest BCUT2D eigenvalue weighted by Crippen LogP contribution is -2.22. The van der Waals surface area contributed by atoms with Crippen molar-refractivity contribution in [2.75, 3.05) is 14.2 Å². The van der Waals surface area contributed by atoms with Crippen LogP contribution in [0.15, 0.2) is 69.8 Å². The Morgan fingerprint density at radius 1 is 1.00 bits per heavy atom. The van der Waals surface area contributed by atoms with Crippen molar-refractivity contribution in [1.29, 1.82) is 0 Å². The molecule has 28 heavy (non-hydrogen) atoms. The zero-order valence-corrected chi connectivity index (χ0v) is 17.0. The second kappa shape index (κ2) is 8.45. The van der Waals surface area contributed by atoms with Gasteiger partial charge in [-0.05, 0) is 42.5 Å². The van der Waals surface area contributed by atoms with Gasteiger partial charge in [0.2, 0.25) is 9.84 Å². The van der Waals surface area contributed by atoms with Crippen LogP contribution < -0.4 is 14.8 Å². The summed E-state index contributed by atoms with van der Waals surface area (Å²) < 4.78 is 35.9. The minimum absolute atomic E-state index is 0.128. The van der Waals surface area contributed by atoms with Crippen LogP contribution in [0.5, 0.6) is 11.5 Å². The van der Waals surface area contributed by atoms with Gasteiger partial charge in [-0.15, -0.1) is 11.3 Å². The Morgan fingerprint density at radius 3 is 2.43 bits per heavy atom. The van der Waals surface area contributed by atoms with Crippen LogP contribution in [0.3, 0.4) is 0 Å². The molecule has 1 N–H and O–H groups in total. The van der Waals surface area contributed by atoms with E-state index in [-0.39, 0.29) is 21.6 Å². The smallest absolute Gasteiger partial charge is 0.261 e. The zero-order valence-electron chi connectivity index (χ0n) is 15.3. The topological polar surface area (TPSA) is 81.7 Å². The number of rotatable bonds is 7. The van der Waals surface area contributed by atoms with Gasteiger partial charge in [0.1, 0.15) is 15.7 Å². The average Bonchev–Trinajstić information content (AvgIpc) is 3.23. The lowest BCUT2D eigenvalue weighted by Gasteiger charge is -2.11. The number of carbonyl (C=O) groups excluding carboxylic acids is 1. The molecule has 0 bridgehead atoms. The number of thiophene rings is 1. The highest BCUT2D eigenvalue weighted by atomic mass is 32.2. The van der Waals surface area contributed by atoms with Crippen LogP contribution >= 0.6 is 11.3 Å². The van der Waals surface area contributed by atoms with E-state index in [1.54, 1.807) is 50.6 Å². The molecule has 0 atom stereocenters. The average molecular weight is 418 g/mol.